The van der Waals surface area contributed by atoms with Crippen molar-refractivity contribution in [1.82, 2.24) is 19.6 Å². The van der Waals surface area contributed by atoms with Crippen molar-refractivity contribution < 1.29 is 0 Å². The van der Waals surface area contributed by atoms with Gasteiger partial charge in [-0.15, -0.1) is 10.2 Å². The van der Waals surface area contributed by atoms with E-state index in [1.807, 2.05) is 54.6 Å². The van der Waals surface area contributed by atoms with Gasteiger partial charge in [-0.05, 0) is 53.5 Å². The monoisotopic (exact) mass is 440 g/mol. The lowest BCUT2D eigenvalue weighted by Crippen LogP contribution is -1.92. The highest BCUT2D eigenvalue weighted by Gasteiger charge is 2.10. The van der Waals surface area contributed by atoms with E-state index in [4.69, 9.17) is 0 Å². The summed E-state index contributed by atoms with van der Waals surface area (Å²) in [5.41, 5.74) is 1.95. The van der Waals surface area contributed by atoms with Crippen molar-refractivity contribution in [2.45, 2.75) is 16.3 Å². The number of rotatable bonds is 5. The molecule has 2 heterocycles. The Kier molecular flexibility index (Phi) is 5.38. The molecular formula is C19H13BrN4S2. The number of hydrogen-bond acceptors (Lipinski definition) is 6. The summed E-state index contributed by atoms with van der Waals surface area (Å²) in [4.78, 5) is 5.71. The molecule has 0 saturated carbocycles. The van der Waals surface area contributed by atoms with Crippen LogP contribution >= 0.6 is 39.2 Å². The lowest BCUT2D eigenvalue weighted by molar-refractivity contribution is 0.931. The first-order valence-electron chi connectivity index (χ1n) is 7.90. The Morgan fingerprint density at radius 1 is 0.885 bits per heavy atom. The highest BCUT2D eigenvalue weighted by molar-refractivity contribution is 9.10. The van der Waals surface area contributed by atoms with Crippen molar-refractivity contribution in [3.05, 3.63) is 82.6 Å². The van der Waals surface area contributed by atoms with Gasteiger partial charge in [-0.1, -0.05) is 58.0 Å². The van der Waals surface area contributed by atoms with E-state index in [0.29, 0.717) is 0 Å². The highest BCUT2D eigenvalue weighted by atomic mass is 79.9. The van der Waals surface area contributed by atoms with E-state index >= 15 is 0 Å². The molecule has 4 aromatic rings. The van der Waals surface area contributed by atoms with Crippen molar-refractivity contribution in [1.29, 1.82) is 0 Å². The smallest absolute Gasteiger partial charge is 0.164 e. The fraction of sp³-hybridized carbons (Fsp3) is 0.0526. The summed E-state index contributed by atoms with van der Waals surface area (Å²) in [5, 5.41) is 10.3. The molecule has 0 radical (unpaired) electrons. The predicted octanol–water partition coefficient (Wildman–Crippen LogP) is 5.50. The minimum atomic E-state index is 0.724. The van der Waals surface area contributed by atoms with Gasteiger partial charge in [0, 0.05) is 15.8 Å². The average Bonchev–Trinajstić information content (AvgIpc) is 3.13. The summed E-state index contributed by atoms with van der Waals surface area (Å²) in [5.74, 6) is 0.811. The highest BCUT2D eigenvalue weighted by Crippen LogP contribution is 2.28. The lowest BCUT2D eigenvalue weighted by Gasteiger charge is -2.01. The van der Waals surface area contributed by atoms with E-state index in [0.717, 1.165) is 37.3 Å². The molecule has 0 spiro atoms. The molecule has 0 atom stereocenters. The van der Waals surface area contributed by atoms with Gasteiger partial charge in [0.1, 0.15) is 16.5 Å². The van der Waals surface area contributed by atoms with Crippen molar-refractivity contribution >= 4 is 39.2 Å². The van der Waals surface area contributed by atoms with E-state index in [9.17, 15) is 0 Å². The van der Waals surface area contributed by atoms with Gasteiger partial charge in [-0.3, -0.25) is 0 Å². The number of hydrogen-bond donors (Lipinski definition) is 0. The fourth-order valence-electron chi connectivity index (χ4n) is 2.32. The maximum atomic E-state index is 4.59. The average molecular weight is 441 g/mol. The van der Waals surface area contributed by atoms with E-state index in [-0.39, 0.29) is 0 Å². The van der Waals surface area contributed by atoms with Gasteiger partial charge < -0.3 is 0 Å². The minimum absolute atomic E-state index is 0.724. The maximum Gasteiger partial charge on any atom is 0.164 e. The van der Waals surface area contributed by atoms with Crippen LogP contribution in [0.5, 0.6) is 0 Å². The molecule has 0 saturated heterocycles. The van der Waals surface area contributed by atoms with Crippen LogP contribution in [-0.2, 0) is 6.42 Å². The quantitative estimate of drug-likeness (QED) is 0.409. The van der Waals surface area contributed by atoms with Gasteiger partial charge in [0.15, 0.2) is 5.01 Å². The van der Waals surface area contributed by atoms with Crippen LogP contribution in [0.15, 0.2) is 81.1 Å². The molecule has 0 aliphatic carbocycles. The van der Waals surface area contributed by atoms with Crippen LogP contribution in [0.4, 0.5) is 0 Å². The summed E-state index contributed by atoms with van der Waals surface area (Å²) < 4.78 is 5.50. The normalized spacial score (nSPS) is 10.8. The zero-order valence-corrected chi connectivity index (χ0v) is 16.8. The van der Waals surface area contributed by atoms with Gasteiger partial charge in [-0.2, -0.15) is 4.37 Å². The van der Waals surface area contributed by atoms with E-state index in [1.165, 1.54) is 17.1 Å². The van der Waals surface area contributed by atoms with Crippen molar-refractivity contribution in [2.75, 3.05) is 0 Å². The second kappa shape index (κ2) is 8.07. The van der Waals surface area contributed by atoms with Gasteiger partial charge in [0.25, 0.3) is 0 Å². The fourth-order valence-corrected chi connectivity index (χ4v) is 3.96. The largest absolute Gasteiger partial charge is 0.217 e. The first-order chi connectivity index (χ1) is 12.8. The first kappa shape index (κ1) is 17.3. The summed E-state index contributed by atoms with van der Waals surface area (Å²) in [6.07, 6.45) is 0.724. The zero-order valence-electron chi connectivity index (χ0n) is 13.5. The number of halogens is 1. The van der Waals surface area contributed by atoms with E-state index < -0.39 is 0 Å². The molecule has 4 nitrogen and oxygen atoms in total. The second-order valence-electron chi connectivity index (χ2n) is 5.49. The Morgan fingerprint density at radius 2 is 1.69 bits per heavy atom. The Balaban J connectivity index is 1.46. The molecule has 0 N–H and O–H groups in total. The van der Waals surface area contributed by atoms with Crippen molar-refractivity contribution in [2.24, 2.45) is 0 Å². The van der Waals surface area contributed by atoms with Gasteiger partial charge >= 0.3 is 0 Å². The molecule has 0 amide bonds. The third kappa shape index (κ3) is 4.35. The molecule has 26 heavy (non-hydrogen) atoms. The molecule has 0 aliphatic heterocycles. The van der Waals surface area contributed by atoms with Crippen LogP contribution in [0.3, 0.4) is 0 Å². The third-order valence-electron chi connectivity index (χ3n) is 3.57. The van der Waals surface area contributed by atoms with Crippen LogP contribution in [0.1, 0.15) is 11.4 Å². The number of aromatic nitrogens is 4. The van der Waals surface area contributed by atoms with Crippen LogP contribution in [-0.4, -0.2) is 19.6 Å². The molecule has 0 fully saturated rings. The number of benzene rings is 2. The molecule has 0 unspecified atom stereocenters. The molecule has 0 aliphatic rings. The summed E-state index contributed by atoms with van der Waals surface area (Å²) in [6.45, 7) is 0. The van der Waals surface area contributed by atoms with Gasteiger partial charge in [0.2, 0.25) is 0 Å². The standard InChI is InChI=1S/C19H13BrN4S2/c20-14-6-8-15(9-7-14)25-18-11-10-16(22-23-18)19-21-17(24-26-19)12-13-4-2-1-3-5-13/h1-11H,12H2. The van der Waals surface area contributed by atoms with Crippen molar-refractivity contribution in [3.63, 3.8) is 0 Å². The molecule has 2 aromatic carbocycles. The maximum absolute atomic E-state index is 4.59. The molecule has 2 aromatic heterocycles. The van der Waals surface area contributed by atoms with E-state index in [2.05, 4.69) is 47.6 Å². The molecular weight excluding hydrogens is 428 g/mol. The molecule has 7 heteroatoms. The van der Waals surface area contributed by atoms with Crippen LogP contribution in [0.2, 0.25) is 0 Å². The third-order valence-corrected chi connectivity index (χ3v) is 5.81. The second-order valence-corrected chi connectivity index (χ2v) is 8.25. The lowest BCUT2D eigenvalue weighted by atomic mass is 10.1. The Hall–Kier alpha value is -2.09. The minimum Gasteiger partial charge on any atom is -0.217 e. The Bertz CT molecular complexity index is 986. The molecule has 128 valence electrons. The summed E-state index contributed by atoms with van der Waals surface area (Å²) in [6, 6.07) is 22.2. The summed E-state index contributed by atoms with van der Waals surface area (Å²) in [7, 11) is 0. The van der Waals surface area contributed by atoms with Crippen molar-refractivity contribution in [3.8, 4) is 10.7 Å². The Labute approximate surface area is 168 Å². The van der Waals surface area contributed by atoms with Crippen LogP contribution in [0, 0.1) is 0 Å². The first-order valence-corrected chi connectivity index (χ1v) is 10.3. The predicted molar refractivity (Wildman–Crippen MR) is 108 cm³/mol. The van der Waals surface area contributed by atoms with Crippen LogP contribution in [0.25, 0.3) is 10.7 Å². The molecule has 0 bridgehead atoms. The topological polar surface area (TPSA) is 51.6 Å². The zero-order chi connectivity index (χ0) is 17.8. The van der Waals surface area contributed by atoms with Crippen LogP contribution < -0.4 is 0 Å². The Morgan fingerprint density at radius 3 is 2.42 bits per heavy atom. The summed E-state index contributed by atoms with van der Waals surface area (Å²) >= 11 is 6.38. The molecule has 4 rings (SSSR count). The van der Waals surface area contributed by atoms with Gasteiger partial charge in [0.05, 0.1) is 0 Å². The van der Waals surface area contributed by atoms with E-state index in [1.54, 1.807) is 11.8 Å². The van der Waals surface area contributed by atoms with Gasteiger partial charge in [-0.25, -0.2) is 4.98 Å². The SMILES string of the molecule is Brc1ccc(Sc2ccc(-c3nc(Cc4ccccc4)ns3)nn2)cc1. The number of nitrogens with zero attached hydrogens (tertiary/aromatic N) is 4.